The number of hydrogen-bond donors (Lipinski definition) is 1. The summed E-state index contributed by atoms with van der Waals surface area (Å²) < 4.78 is 6.42. The lowest BCUT2D eigenvalue weighted by Gasteiger charge is -2.44. The van der Waals surface area contributed by atoms with Crippen molar-refractivity contribution in [2.24, 2.45) is 0 Å². The quantitative estimate of drug-likeness (QED) is 0.394. The first-order chi connectivity index (χ1) is 17.7. The zero-order valence-electron chi connectivity index (χ0n) is 21.7. The Hall–Kier alpha value is -3.04. The van der Waals surface area contributed by atoms with Gasteiger partial charge in [0.25, 0.3) is 7.48 Å². The van der Waals surface area contributed by atoms with E-state index in [2.05, 4.69) is 72.8 Å². The van der Waals surface area contributed by atoms with E-state index < -0.39 is 16.6 Å². The molecule has 1 heterocycles. The molecular formula is C32H30BNO2S. The molecule has 3 aromatic rings. The van der Waals surface area contributed by atoms with Gasteiger partial charge >= 0.3 is 0 Å². The number of nitrogens with zero attached hydrogens (tertiary/aromatic N) is 1. The molecule has 1 spiro atoms. The van der Waals surface area contributed by atoms with E-state index >= 15 is 0 Å². The minimum Gasteiger partial charge on any atom is -0.431 e. The molecule has 37 heavy (non-hydrogen) atoms. The normalized spacial score (nSPS) is 21.7. The molecule has 1 N–H and O–H groups in total. The van der Waals surface area contributed by atoms with Crippen molar-refractivity contribution >= 4 is 19.2 Å². The summed E-state index contributed by atoms with van der Waals surface area (Å²) in [6.07, 6.45) is 5.47. The lowest BCUT2D eigenvalue weighted by Crippen LogP contribution is -2.48. The molecule has 0 bridgehead atoms. The highest BCUT2D eigenvalue weighted by Crippen LogP contribution is 2.64. The summed E-state index contributed by atoms with van der Waals surface area (Å²) in [6, 6.07) is 25.9. The summed E-state index contributed by atoms with van der Waals surface area (Å²) in [7, 11) is 0.526. The van der Waals surface area contributed by atoms with Crippen LogP contribution >= 0.6 is 11.8 Å². The summed E-state index contributed by atoms with van der Waals surface area (Å²) in [5, 5.41) is 20.8. The maximum atomic E-state index is 10.7. The Kier molecular flexibility index (Phi) is 5.58. The van der Waals surface area contributed by atoms with E-state index in [1.54, 1.807) is 13.8 Å². The van der Waals surface area contributed by atoms with E-state index in [4.69, 9.17) is 4.65 Å². The van der Waals surface area contributed by atoms with Crippen LogP contribution in [-0.4, -0.2) is 23.8 Å². The van der Waals surface area contributed by atoms with E-state index in [-0.39, 0.29) is 5.82 Å². The number of rotatable bonds is 4. The van der Waals surface area contributed by atoms with Gasteiger partial charge in [-0.15, -0.1) is 0 Å². The van der Waals surface area contributed by atoms with Crippen molar-refractivity contribution in [3.8, 4) is 17.2 Å². The number of hydrogen-bond acceptors (Lipinski definition) is 4. The third kappa shape index (κ3) is 3.43. The van der Waals surface area contributed by atoms with Crippen LogP contribution in [-0.2, 0) is 10.1 Å². The molecule has 3 nitrogen and oxygen atoms in total. The number of aliphatic hydroxyl groups is 1. The standard InChI is InChI=1S/C32H30BNO2S/c1-30(2,35)31(3,4)36-33-26-17-10-16-25-29(26)37-27-18-8-7-14-23(27)32(25)22-13-6-5-12-21(22)28-20(19-34)11-9-15-24(28)32/h5-16,18,26,33,35H,17H2,1-4H3. The van der Waals surface area contributed by atoms with Gasteiger partial charge in [-0.2, -0.15) is 5.26 Å². The molecular weight excluding hydrogens is 473 g/mol. The SMILES string of the molecule is CC(C)(O)C(C)(C)OBC1CC=CC2=C1Sc1ccccc1C21c2ccccc2-c2c(C#N)cccc21. The van der Waals surface area contributed by atoms with Gasteiger partial charge in [-0.25, -0.2) is 0 Å². The second-order valence-corrected chi connectivity index (χ2v) is 12.3. The molecule has 0 amide bonds. The van der Waals surface area contributed by atoms with Crippen LogP contribution in [0.4, 0.5) is 0 Å². The Labute approximate surface area is 224 Å². The minimum atomic E-state index is -0.959. The predicted octanol–water partition coefficient (Wildman–Crippen LogP) is 6.90. The third-order valence-corrected chi connectivity index (χ3v) is 9.91. The molecule has 0 fully saturated rings. The van der Waals surface area contributed by atoms with Crippen LogP contribution in [0.5, 0.6) is 0 Å². The second-order valence-electron chi connectivity index (χ2n) is 11.2. The van der Waals surface area contributed by atoms with Crippen molar-refractivity contribution in [1.82, 2.24) is 0 Å². The van der Waals surface area contributed by atoms with Gasteiger partial charge in [0.05, 0.1) is 28.2 Å². The largest absolute Gasteiger partial charge is 0.431 e. The van der Waals surface area contributed by atoms with E-state index in [1.165, 1.54) is 32.1 Å². The molecule has 0 radical (unpaired) electrons. The van der Waals surface area contributed by atoms with E-state index in [9.17, 15) is 10.4 Å². The van der Waals surface area contributed by atoms with Gasteiger partial charge in [0.15, 0.2) is 0 Å². The number of fused-ring (bicyclic) bond motifs is 8. The fourth-order valence-corrected chi connectivity index (χ4v) is 7.34. The highest BCUT2D eigenvalue weighted by Gasteiger charge is 2.52. The Morgan fingerprint density at radius 2 is 1.68 bits per heavy atom. The predicted molar refractivity (Wildman–Crippen MR) is 152 cm³/mol. The van der Waals surface area contributed by atoms with E-state index in [1.807, 2.05) is 37.7 Å². The highest BCUT2D eigenvalue weighted by atomic mass is 32.2. The summed E-state index contributed by atoms with van der Waals surface area (Å²) in [6.45, 7) is 7.52. The van der Waals surface area contributed by atoms with Crippen molar-refractivity contribution in [2.75, 3.05) is 0 Å². The molecule has 2 unspecified atom stereocenters. The molecule has 6 rings (SSSR count). The average Bonchev–Trinajstić information content (AvgIpc) is 3.18. The highest BCUT2D eigenvalue weighted by molar-refractivity contribution is 8.03. The van der Waals surface area contributed by atoms with Crippen LogP contribution in [0.1, 0.15) is 56.4 Å². The zero-order valence-corrected chi connectivity index (χ0v) is 22.5. The molecule has 0 saturated heterocycles. The van der Waals surface area contributed by atoms with Crippen molar-refractivity contribution in [3.63, 3.8) is 0 Å². The maximum absolute atomic E-state index is 10.7. The summed E-state index contributed by atoms with van der Waals surface area (Å²) in [5.74, 6) is 0.173. The van der Waals surface area contributed by atoms with Crippen molar-refractivity contribution in [3.05, 3.63) is 112 Å². The molecule has 1 aliphatic heterocycles. The lowest BCUT2D eigenvalue weighted by atomic mass is 9.62. The number of allylic oxidation sites excluding steroid dienone is 4. The molecule has 184 valence electrons. The van der Waals surface area contributed by atoms with Crippen molar-refractivity contribution in [2.45, 2.75) is 61.4 Å². The van der Waals surface area contributed by atoms with Crippen LogP contribution in [0, 0.1) is 11.3 Å². The molecule has 0 aromatic heterocycles. The monoisotopic (exact) mass is 503 g/mol. The number of benzene rings is 3. The summed E-state index contributed by atoms with van der Waals surface area (Å²) in [5.41, 5.74) is 5.72. The molecule has 3 aromatic carbocycles. The summed E-state index contributed by atoms with van der Waals surface area (Å²) >= 11 is 1.85. The van der Waals surface area contributed by atoms with Gasteiger partial charge in [0, 0.05) is 10.5 Å². The van der Waals surface area contributed by atoms with Gasteiger partial charge in [0.2, 0.25) is 0 Å². The molecule has 3 aliphatic rings. The molecule has 2 aliphatic carbocycles. The Morgan fingerprint density at radius 3 is 2.43 bits per heavy atom. The average molecular weight is 503 g/mol. The second kappa shape index (κ2) is 8.50. The van der Waals surface area contributed by atoms with Crippen LogP contribution in [0.3, 0.4) is 0 Å². The number of thioether (sulfide) groups is 1. The van der Waals surface area contributed by atoms with Crippen LogP contribution < -0.4 is 0 Å². The minimum absolute atomic E-state index is 0.173. The topological polar surface area (TPSA) is 53.2 Å². The molecule has 5 heteroatoms. The van der Waals surface area contributed by atoms with E-state index in [0.29, 0.717) is 13.0 Å². The fourth-order valence-electron chi connectivity index (χ4n) is 5.97. The zero-order chi connectivity index (χ0) is 26.0. The maximum Gasteiger partial charge on any atom is 0.284 e. The van der Waals surface area contributed by atoms with Gasteiger partial charge in [0.1, 0.15) is 0 Å². The van der Waals surface area contributed by atoms with E-state index in [0.717, 1.165) is 17.5 Å². The Bertz CT molecular complexity index is 1520. The smallest absolute Gasteiger partial charge is 0.284 e. The van der Waals surface area contributed by atoms with Crippen LogP contribution in [0.25, 0.3) is 11.1 Å². The van der Waals surface area contributed by atoms with Gasteiger partial charge in [-0.05, 0) is 84.8 Å². The van der Waals surface area contributed by atoms with Gasteiger partial charge < -0.3 is 9.76 Å². The van der Waals surface area contributed by atoms with Crippen LogP contribution in [0.15, 0.2) is 94.3 Å². The van der Waals surface area contributed by atoms with Crippen molar-refractivity contribution in [1.29, 1.82) is 5.26 Å². The summed E-state index contributed by atoms with van der Waals surface area (Å²) in [4.78, 5) is 2.56. The Balaban J connectivity index is 1.60. The fraction of sp³-hybridized carbons (Fsp3) is 0.281. The lowest BCUT2D eigenvalue weighted by molar-refractivity contribution is -0.0908. The van der Waals surface area contributed by atoms with Crippen molar-refractivity contribution < 1.29 is 9.76 Å². The van der Waals surface area contributed by atoms with Gasteiger partial charge in [-0.3, -0.25) is 0 Å². The first kappa shape index (κ1) is 24.3. The third-order valence-electron chi connectivity index (χ3n) is 8.56. The number of nitriles is 1. The Morgan fingerprint density at radius 1 is 0.973 bits per heavy atom. The molecule has 2 atom stereocenters. The molecule has 0 saturated carbocycles. The first-order valence-corrected chi connectivity index (χ1v) is 13.7. The first-order valence-electron chi connectivity index (χ1n) is 12.9. The van der Waals surface area contributed by atoms with Gasteiger partial charge in [-0.1, -0.05) is 78.5 Å². The van der Waals surface area contributed by atoms with Crippen LogP contribution in [0.2, 0.25) is 5.82 Å².